The van der Waals surface area contributed by atoms with Crippen LogP contribution in [-0.2, 0) is 28.6 Å². The lowest BCUT2D eigenvalue weighted by molar-refractivity contribution is -0.167. The van der Waals surface area contributed by atoms with E-state index in [0.717, 1.165) is 70.6 Å². The van der Waals surface area contributed by atoms with Gasteiger partial charge in [0.25, 0.3) is 0 Å². The molecule has 0 spiro atoms. The number of allylic oxidation sites excluding steroid dienone is 14. The van der Waals surface area contributed by atoms with Crippen molar-refractivity contribution in [3.05, 3.63) is 85.1 Å². The third-order valence-electron chi connectivity index (χ3n) is 13.1. The fourth-order valence-corrected chi connectivity index (χ4v) is 8.60. The van der Waals surface area contributed by atoms with Crippen LogP contribution in [0.5, 0.6) is 0 Å². The zero-order valence-corrected chi connectivity index (χ0v) is 46.7. The van der Waals surface area contributed by atoms with Gasteiger partial charge in [-0.25, -0.2) is 0 Å². The molecule has 71 heavy (non-hydrogen) atoms. The molecule has 0 saturated carbocycles. The van der Waals surface area contributed by atoms with Crippen LogP contribution in [0.3, 0.4) is 0 Å². The summed E-state index contributed by atoms with van der Waals surface area (Å²) < 4.78 is 16.9. The van der Waals surface area contributed by atoms with Crippen molar-refractivity contribution in [3.8, 4) is 0 Å². The summed E-state index contributed by atoms with van der Waals surface area (Å²) in [6.45, 7) is 6.49. The summed E-state index contributed by atoms with van der Waals surface area (Å²) in [6, 6.07) is 0. The van der Waals surface area contributed by atoms with Gasteiger partial charge in [-0.15, -0.1) is 0 Å². The second kappa shape index (κ2) is 59.2. The van der Waals surface area contributed by atoms with E-state index in [9.17, 15) is 14.4 Å². The lowest BCUT2D eigenvalue weighted by Crippen LogP contribution is -2.30. The van der Waals surface area contributed by atoms with E-state index in [-0.39, 0.29) is 31.1 Å². The van der Waals surface area contributed by atoms with Gasteiger partial charge in [-0.05, 0) is 38.5 Å². The largest absolute Gasteiger partial charge is 0.462 e. The Balaban J connectivity index is 4.45. The first-order valence-electron chi connectivity index (χ1n) is 30.2. The summed E-state index contributed by atoms with van der Waals surface area (Å²) in [5.74, 6) is -0.920. The number of rotatable bonds is 54. The summed E-state index contributed by atoms with van der Waals surface area (Å²) in [6.07, 6.45) is 77.1. The van der Waals surface area contributed by atoms with Crippen LogP contribution < -0.4 is 0 Å². The van der Waals surface area contributed by atoms with Crippen molar-refractivity contribution in [1.29, 1.82) is 0 Å². The average molecular weight is 990 g/mol. The molecule has 0 rings (SSSR count). The minimum Gasteiger partial charge on any atom is -0.462 e. The quantitative estimate of drug-likeness (QED) is 0.0261. The smallest absolute Gasteiger partial charge is 0.306 e. The van der Waals surface area contributed by atoms with Crippen molar-refractivity contribution in [2.45, 2.75) is 297 Å². The number of carbonyl (C=O) groups excluding carboxylic acids is 3. The molecule has 0 amide bonds. The molecule has 6 heteroatoms. The molecular formula is C65H112O6. The summed E-state index contributed by atoms with van der Waals surface area (Å²) in [7, 11) is 0. The lowest BCUT2D eigenvalue weighted by Gasteiger charge is -2.18. The van der Waals surface area contributed by atoms with Gasteiger partial charge in [0.1, 0.15) is 13.2 Å². The molecule has 1 atom stereocenters. The number of unbranched alkanes of at least 4 members (excludes halogenated alkanes) is 35. The van der Waals surface area contributed by atoms with Crippen LogP contribution in [0.2, 0.25) is 0 Å². The molecule has 0 radical (unpaired) electrons. The molecule has 6 nitrogen and oxygen atoms in total. The Morgan fingerprint density at radius 3 is 0.859 bits per heavy atom. The highest BCUT2D eigenvalue weighted by Gasteiger charge is 2.19. The second-order valence-corrected chi connectivity index (χ2v) is 20.1. The summed E-state index contributed by atoms with van der Waals surface area (Å²) >= 11 is 0. The highest BCUT2D eigenvalue weighted by Crippen LogP contribution is 2.17. The van der Waals surface area contributed by atoms with Crippen molar-refractivity contribution < 1.29 is 28.6 Å². The van der Waals surface area contributed by atoms with Crippen LogP contribution in [0.25, 0.3) is 0 Å². The molecule has 0 bridgehead atoms. The van der Waals surface area contributed by atoms with Crippen LogP contribution in [0.1, 0.15) is 290 Å². The maximum Gasteiger partial charge on any atom is 0.306 e. The summed E-state index contributed by atoms with van der Waals surface area (Å²) in [4.78, 5) is 38.2. The molecule has 0 aromatic carbocycles. The van der Waals surface area contributed by atoms with E-state index in [0.29, 0.717) is 19.3 Å². The minimum absolute atomic E-state index is 0.0876. The van der Waals surface area contributed by atoms with Crippen LogP contribution in [0, 0.1) is 0 Å². The Bertz CT molecular complexity index is 1370. The topological polar surface area (TPSA) is 78.9 Å². The maximum absolute atomic E-state index is 12.9. The Morgan fingerprint density at radius 2 is 0.549 bits per heavy atom. The van der Waals surface area contributed by atoms with Crippen LogP contribution >= 0.6 is 0 Å². The Morgan fingerprint density at radius 1 is 0.296 bits per heavy atom. The molecule has 408 valence electrons. The number of hydrogen-bond acceptors (Lipinski definition) is 6. The fourth-order valence-electron chi connectivity index (χ4n) is 8.60. The predicted octanol–water partition coefficient (Wildman–Crippen LogP) is 20.3. The van der Waals surface area contributed by atoms with E-state index in [1.165, 1.54) is 180 Å². The normalized spacial score (nSPS) is 12.7. The molecular weight excluding hydrogens is 877 g/mol. The van der Waals surface area contributed by atoms with Crippen LogP contribution in [0.15, 0.2) is 85.1 Å². The monoisotopic (exact) mass is 989 g/mol. The summed E-state index contributed by atoms with van der Waals surface area (Å²) in [5, 5.41) is 0. The zero-order chi connectivity index (χ0) is 51.4. The fraction of sp³-hybridized carbons (Fsp3) is 0.738. The maximum atomic E-state index is 12.9. The minimum atomic E-state index is -0.793. The van der Waals surface area contributed by atoms with Gasteiger partial charge >= 0.3 is 17.9 Å². The van der Waals surface area contributed by atoms with E-state index in [1.807, 2.05) is 66.8 Å². The molecule has 0 aromatic heterocycles. The molecule has 1 unspecified atom stereocenters. The molecule has 0 aliphatic rings. The highest BCUT2D eigenvalue weighted by molar-refractivity contribution is 5.71. The highest BCUT2D eigenvalue weighted by atomic mass is 16.6. The first kappa shape index (κ1) is 67.6. The molecule has 0 aliphatic carbocycles. The van der Waals surface area contributed by atoms with E-state index in [1.54, 1.807) is 0 Å². The molecule has 0 fully saturated rings. The number of esters is 3. The van der Waals surface area contributed by atoms with Crippen LogP contribution in [-0.4, -0.2) is 37.2 Å². The Hall–Kier alpha value is -3.41. The SMILES string of the molecule is CC\C=C/C=C\C=C/C=C\C=C\C=C/C=C\CCCCCC(=O)OCC(COC(=O)CCCCCCCCCCCCCCCCCC)OC(=O)CCCCCCCCCCCCCCCCCCCC. The van der Waals surface area contributed by atoms with Crippen molar-refractivity contribution in [1.82, 2.24) is 0 Å². The standard InChI is InChI=1S/C65H112O6/c1-4-7-10-13-16-19-22-25-28-31-33-35-37-40-43-46-49-52-55-58-64(67)70-61-62(60-69-63(66)57-54-51-48-45-42-39-36-30-27-24-21-18-15-12-9-6-3)71-65(68)59-56-53-50-47-44-41-38-34-32-29-26-23-20-17-14-11-8-5-2/h7,10,13,16,19,22,25,28,31,33,35,37,40,43,62H,4-6,8-9,11-12,14-15,17-18,20-21,23-24,26-27,29-30,32,34,36,38-39,41-42,44-61H2,1-3H3/b10-7-,16-13-,22-19-,28-25-,33-31+,37-35-,43-40-. The van der Waals surface area contributed by atoms with Crippen molar-refractivity contribution >= 4 is 17.9 Å². The van der Waals surface area contributed by atoms with E-state index in [4.69, 9.17) is 14.2 Å². The lowest BCUT2D eigenvalue weighted by atomic mass is 10.0. The predicted molar refractivity (Wildman–Crippen MR) is 307 cm³/mol. The van der Waals surface area contributed by atoms with Crippen molar-refractivity contribution in [2.24, 2.45) is 0 Å². The second-order valence-electron chi connectivity index (χ2n) is 20.1. The Labute approximate surface area is 439 Å². The summed E-state index contributed by atoms with van der Waals surface area (Å²) in [5.41, 5.74) is 0. The van der Waals surface area contributed by atoms with E-state index < -0.39 is 6.10 Å². The molecule has 0 aromatic rings. The van der Waals surface area contributed by atoms with Crippen molar-refractivity contribution in [3.63, 3.8) is 0 Å². The van der Waals surface area contributed by atoms with E-state index >= 15 is 0 Å². The van der Waals surface area contributed by atoms with Gasteiger partial charge in [0.2, 0.25) is 0 Å². The van der Waals surface area contributed by atoms with Gasteiger partial charge in [-0.2, -0.15) is 0 Å². The Kier molecular flexibility index (Phi) is 56.3. The van der Waals surface area contributed by atoms with Gasteiger partial charge in [0.15, 0.2) is 6.10 Å². The first-order chi connectivity index (χ1) is 35.0. The third-order valence-corrected chi connectivity index (χ3v) is 13.1. The van der Waals surface area contributed by atoms with Gasteiger partial charge in [0, 0.05) is 19.3 Å². The number of hydrogen-bond donors (Lipinski definition) is 0. The molecule has 0 N–H and O–H groups in total. The van der Waals surface area contributed by atoms with Crippen LogP contribution in [0.4, 0.5) is 0 Å². The third kappa shape index (κ3) is 57.4. The van der Waals surface area contributed by atoms with Gasteiger partial charge in [0.05, 0.1) is 0 Å². The number of carbonyl (C=O) groups is 3. The van der Waals surface area contributed by atoms with Crippen molar-refractivity contribution in [2.75, 3.05) is 13.2 Å². The number of ether oxygens (including phenoxy) is 3. The van der Waals surface area contributed by atoms with Gasteiger partial charge < -0.3 is 14.2 Å². The van der Waals surface area contributed by atoms with Gasteiger partial charge in [-0.3, -0.25) is 14.4 Å². The zero-order valence-electron chi connectivity index (χ0n) is 46.7. The molecule has 0 aliphatic heterocycles. The average Bonchev–Trinajstić information content (AvgIpc) is 3.37. The van der Waals surface area contributed by atoms with E-state index in [2.05, 4.69) is 39.0 Å². The molecule has 0 saturated heterocycles. The molecule has 0 heterocycles. The van der Waals surface area contributed by atoms with Gasteiger partial charge in [-0.1, -0.05) is 318 Å². The first-order valence-corrected chi connectivity index (χ1v) is 30.2.